The summed E-state index contributed by atoms with van der Waals surface area (Å²) < 4.78 is 4.80. The van der Waals surface area contributed by atoms with E-state index in [9.17, 15) is 4.79 Å². The molecule has 16 heavy (non-hydrogen) atoms. The molecule has 0 bridgehead atoms. The predicted octanol–water partition coefficient (Wildman–Crippen LogP) is 1.26. The van der Waals surface area contributed by atoms with Crippen LogP contribution in [-0.2, 0) is 9.53 Å². The molecule has 0 amide bonds. The Bertz CT molecular complexity index is 186. The highest BCUT2D eigenvalue weighted by molar-refractivity contribution is 5.75. The molecular formula is C12H26N2O2. The van der Waals surface area contributed by atoms with E-state index in [-0.39, 0.29) is 12.0 Å². The van der Waals surface area contributed by atoms with Crippen molar-refractivity contribution in [2.75, 3.05) is 33.3 Å². The van der Waals surface area contributed by atoms with Crippen LogP contribution in [0.3, 0.4) is 0 Å². The number of rotatable bonds is 9. The number of methoxy groups -OCH3 is 1. The zero-order valence-corrected chi connectivity index (χ0v) is 11.1. The lowest BCUT2D eigenvalue weighted by Gasteiger charge is -2.25. The van der Waals surface area contributed by atoms with Crippen molar-refractivity contribution in [2.45, 2.75) is 39.7 Å². The Morgan fingerprint density at radius 1 is 1.31 bits per heavy atom. The largest absolute Gasteiger partial charge is 0.468 e. The Balaban J connectivity index is 4.21. The highest BCUT2D eigenvalue weighted by Crippen LogP contribution is 1.97. The highest BCUT2D eigenvalue weighted by Gasteiger charge is 2.20. The van der Waals surface area contributed by atoms with Crippen LogP contribution in [0.5, 0.6) is 0 Å². The molecule has 0 spiro atoms. The number of ether oxygens (including phenoxy) is 1. The first-order valence-corrected chi connectivity index (χ1v) is 6.23. The molecule has 0 aliphatic carbocycles. The summed E-state index contributed by atoms with van der Waals surface area (Å²) in [6, 6.07) is -0.198. The molecule has 0 aromatic rings. The third-order valence-corrected chi connectivity index (χ3v) is 2.55. The molecule has 0 aliphatic rings. The quantitative estimate of drug-likeness (QED) is 0.606. The minimum atomic E-state index is -0.198. The standard InChI is InChI=1S/C12H26N2O2/c1-5-8-13-11(12(15)16-4)10-14(7-3)9-6-2/h11,13H,5-10H2,1-4H3. The van der Waals surface area contributed by atoms with E-state index in [2.05, 4.69) is 31.0 Å². The number of esters is 1. The maximum Gasteiger partial charge on any atom is 0.324 e. The number of hydrogen-bond donors (Lipinski definition) is 1. The molecule has 4 heteroatoms. The van der Waals surface area contributed by atoms with Crippen molar-refractivity contribution in [2.24, 2.45) is 0 Å². The summed E-state index contributed by atoms with van der Waals surface area (Å²) in [7, 11) is 1.44. The molecular weight excluding hydrogens is 204 g/mol. The number of likely N-dealkylation sites (N-methyl/N-ethyl adjacent to an activating group) is 1. The third kappa shape index (κ3) is 6.08. The molecule has 1 unspecified atom stereocenters. The Morgan fingerprint density at radius 2 is 2.00 bits per heavy atom. The lowest BCUT2D eigenvalue weighted by atomic mass is 10.2. The second kappa shape index (κ2) is 9.60. The van der Waals surface area contributed by atoms with E-state index in [0.717, 1.165) is 39.0 Å². The van der Waals surface area contributed by atoms with Gasteiger partial charge in [-0.2, -0.15) is 0 Å². The van der Waals surface area contributed by atoms with Crippen LogP contribution in [0.25, 0.3) is 0 Å². The fourth-order valence-corrected chi connectivity index (χ4v) is 1.64. The van der Waals surface area contributed by atoms with Crippen LogP contribution in [0.15, 0.2) is 0 Å². The monoisotopic (exact) mass is 230 g/mol. The summed E-state index contributed by atoms with van der Waals surface area (Å²) in [5.41, 5.74) is 0. The van der Waals surface area contributed by atoms with Crippen molar-refractivity contribution >= 4 is 5.97 Å². The summed E-state index contributed by atoms with van der Waals surface area (Å²) >= 11 is 0. The second-order valence-corrected chi connectivity index (χ2v) is 3.92. The van der Waals surface area contributed by atoms with Crippen molar-refractivity contribution < 1.29 is 9.53 Å². The van der Waals surface area contributed by atoms with Gasteiger partial charge in [-0.3, -0.25) is 4.79 Å². The average molecular weight is 230 g/mol. The number of carbonyl (C=O) groups is 1. The molecule has 0 aliphatic heterocycles. The van der Waals surface area contributed by atoms with Crippen LogP contribution < -0.4 is 5.32 Å². The van der Waals surface area contributed by atoms with E-state index in [0.29, 0.717) is 0 Å². The molecule has 0 heterocycles. The molecule has 1 N–H and O–H groups in total. The van der Waals surface area contributed by atoms with Crippen molar-refractivity contribution in [3.8, 4) is 0 Å². The molecule has 0 aromatic carbocycles. The number of nitrogens with zero attached hydrogens (tertiary/aromatic N) is 1. The van der Waals surface area contributed by atoms with E-state index >= 15 is 0 Å². The van der Waals surface area contributed by atoms with Gasteiger partial charge in [0.05, 0.1) is 7.11 Å². The van der Waals surface area contributed by atoms with Gasteiger partial charge in [-0.1, -0.05) is 20.8 Å². The van der Waals surface area contributed by atoms with Crippen molar-refractivity contribution in [3.05, 3.63) is 0 Å². The lowest BCUT2D eigenvalue weighted by molar-refractivity contribution is -0.143. The van der Waals surface area contributed by atoms with Crippen molar-refractivity contribution in [1.82, 2.24) is 10.2 Å². The first-order chi connectivity index (χ1) is 7.69. The molecule has 0 fully saturated rings. The van der Waals surface area contributed by atoms with Gasteiger partial charge in [-0.25, -0.2) is 0 Å². The van der Waals surface area contributed by atoms with Gasteiger partial charge in [-0.15, -0.1) is 0 Å². The Kier molecular flexibility index (Phi) is 9.24. The van der Waals surface area contributed by atoms with Crippen LogP contribution in [0.4, 0.5) is 0 Å². The van der Waals surface area contributed by atoms with Crippen LogP contribution in [-0.4, -0.2) is 50.2 Å². The molecule has 1 atom stereocenters. The van der Waals surface area contributed by atoms with Gasteiger partial charge in [0, 0.05) is 6.54 Å². The van der Waals surface area contributed by atoms with Crippen LogP contribution >= 0.6 is 0 Å². The van der Waals surface area contributed by atoms with E-state index in [4.69, 9.17) is 4.74 Å². The molecule has 0 aromatic heterocycles. The van der Waals surface area contributed by atoms with Gasteiger partial charge in [0.25, 0.3) is 0 Å². The van der Waals surface area contributed by atoms with Gasteiger partial charge in [0.15, 0.2) is 0 Å². The molecule has 0 radical (unpaired) electrons. The maximum atomic E-state index is 11.6. The van der Waals surface area contributed by atoms with Crippen LogP contribution in [0, 0.1) is 0 Å². The first kappa shape index (κ1) is 15.4. The van der Waals surface area contributed by atoms with Crippen molar-refractivity contribution in [1.29, 1.82) is 0 Å². The van der Waals surface area contributed by atoms with Gasteiger partial charge in [0.2, 0.25) is 0 Å². The zero-order valence-electron chi connectivity index (χ0n) is 11.1. The van der Waals surface area contributed by atoms with Crippen LogP contribution in [0.2, 0.25) is 0 Å². The zero-order chi connectivity index (χ0) is 12.4. The van der Waals surface area contributed by atoms with E-state index in [1.807, 2.05) is 0 Å². The van der Waals surface area contributed by atoms with E-state index in [1.165, 1.54) is 7.11 Å². The van der Waals surface area contributed by atoms with Gasteiger partial charge in [0.1, 0.15) is 6.04 Å². The third-order valence-electron chi connectivity index (χ3n) is 2.55. The number of nitrogens with one attached hydrogen (secondary N) is 1. The summed E-state index contributed by atoms with van der Waals surface area (Å²) in [5.74, 6) is -0.164. The van der Waals surface area contributed by atoms with Crippen LogP contribution in [0.1, 0.15) is 33.6 Å². The summed E-state index contributed by atoms with van der Waals surface area (Å²) in [6.45, 7) is 9.93. The van der Waals surface area contributed by atoms with Gasteiger partial charge >= 0.3 is 5.97 Å². The molecule has 0 saturated carbocycles. The van der Waals surface area contributed by atoms with E-state index < -0.39 is 0 Å². The number of hydrogen-bond acceptors (Lipinski definition) is 4. The van der Waals surface area contributed by atoms with E-state index in [1.54, 1.807) is 0 Å². The first-order valence-electron chi connectivity index (χ1n) is 6.23. The maximum absolute atomic E-state index is 11.6. The van der Waals surface area contributed by atoms with Gasteiger partial charge in [-0.05, 0) is 32.5 Å². The Morgan fingerprint density at radius 3 is 2.44 bits per heavy atom. The minimum absolute atomic E-state index is 0.164. The Hall–Kier alpha value is -0.610. The summed E-state index contributed by atoms with van der Waals surface area (Å²) in [6.07, 6.45) is 2.13. The minimum Gasteiger partial charge on any atom is -0.468 e. The summed E-state index contributed by atoms with van der Waals surface area (Å²) in [4.78, 5) is 13.8. The Labute approximate surface area is 99.3 Å². The average Bonchev–Trinajstić information content (AvgIpc) is 2.32. The highest BCUT2D eigenvalue weighted by atomic mass is 16.5. The lowest BCUT2D eigenvalue weighted by Crippen LogP contribution is -2.47. The fourth-order valence-electron chi connectivity index (χ4n) is 1.64. The molecule has 0 saturated heterocycles. The summed E-state index contributed by atoms with van der Waals surface area (Å²) in [5, 5.41) is 3.23. The number of carbonyl (C=O) groups excluding carboxylic acids is 1. The smallest absolute Gasteiger partial charge is 0.324 e. The molecule has 4 nitrogen and oxygen atoms in total. The molecule has 96 valence electrons. The predicted molar refractivity (Wildman–Crippen MR) is 66.5 cm³/mol. The second-order valence-electron chi connectivity index (χ2n) is 3.92. The topological polar surface area (TPSA) is 41.6 Å². The molecule has 0 rings (SSSR count). The fraction of sp³-hybridized carbons (Fsp3) is 0.917. The van der Waals surface area contributed by atoms with Crippen molar-refractivity contribution in [3.63, 3.8) is 0 Å². The SMILES string of the molecule is CCCNC(CN(CC)CCC)C(=O)OC. The normalized spacial score (nSPS) is 12.8. The van der Waals surface area contributed by atoms with Gasteiger partial charge < -0.3 is 15.0 Å².